The number of carbonyl (C=O) groups is 1. The summed E-state index contributed by atoms with van der Waals surface area (Å²) < 4.78 is 12.2. The van der Waals surface area contributed by atoms with Crippen LogP contribution in [-0.4, -0.2) is 29.9 Å². The second kappa shape index (κ2) is 5.64. The largest absolute Gasteiger partial charge is 0.496 e. The van der Waals surface area contributed by atoms with E-state index in [1.807, 2.05) is 0 Å². The van der Waals surface area contributed by atoms with Crippen molar-refractivity contribution in [3.05, 3.63) is 46.6 Å². The van der Waals surface area contributed by atoms with Crippen LogP contribution < -0.4 is 14.9 Å². The minimum Gasteiger partial charge on any atom is -0.496 e. The summed E-state index contributed by atoms with van der Waals surface area (Å²) in [4.78, 5) is 24.2. The number of fused-ring (bicyclic) bond motifs is 2. The number of hydrogen-bond donors (Lipinski definition) is 1. The number of rotatable bonds is 4. The zero-order valence-electron chi connectivity index (χ0n) is 12.7. The Morgan fingerprint density at radius 1 is 1.09 bits per heavy atom. The van der Waals surface area contributed by atoms with Gasteiger partial charge in [-0.05, 0) is 24.3 Å². The first-order valence-corrected chi connectivity index (χ1v) is 6.96. The van der Waals surface area contributed by atoms with E-state index in [1.54, 1.807) is 41.0 Å². The monoisotopic (exact) mass is 313 g/mol. The maximum Gasteiger partial charge on any atom is 0.323 e. The lowest BCUT2D eigenvalue weighted by atomic mass is 10.1. The fourth-order valence-corrected chi connectivity index (χ4v) is 2.83. The summed E-state index contributed by atoms with van der Waals surface area (Å²) in [7, 11) is 2.95. The number of para-hydroxylation sites is 1. The first-order chi connectivity index (χ1) is 11.1. The van der Waals surface area contributed by atoms with Crippen molar-refractivity contribution >= 4 is 27.8 Å². The van der Waals surface area contributed by atoms with Crippen molar-refractivity contribution in [1.29, 1.82) is 0 Å². The molecule has 6 nitrogen and oxygen atoms in total. The van der Waals surface area contributed by atoms with Crippen LogP contribution in [0.5, 0.6) is 11.5 Å². The number of carboxylic acid groups (broad SMARTS) is 1. The molecule has 0 unspecified atom stereocenters. The summed E-state index contributed by atoms with van der Waals surface area (Å²) in [6.45, 7) is -0.291. The number of benzene rings is 2. The van der Waals surface area contributed by atoms with E-state index in [1.165, 1.54) is 14.2 Å². The maximum atomic E-state index is 12.9. The Labute approximate surface area is 131 Å². The van der Waals surface area contributed by atoms with Gasteiger partial charge in [0.25, 0.3) is 0 Å². The second-order valence-electron chi connectivity index (χ2n) is 5.02. The van der Waals surface area contributed by atoms with Gasteiger partial charge in [0.15, 0.2) is 0 Å². The van der Waals surface area contributed by atoms with Gasteiger partial charge in [-0.15, -0.1) is 0 Å². The smallest absolute Gasteiger partial charge is 0.323 e. The highest BCUT2D eigenvalue weighted by Crippen LogP contribution is 2.33. The molecule has 118 valence electrons. The summed E-state index contributed by atoms with van der Waals surface area (Å²) in [5, 5.41) is 10.0. The minimum absolute atomic E-state index is 0.215. The number of pyridine rings is 1. The maximum absolute atomic E-state index is 12.9. The van der Waals surface area contributed by atoms with E-state index in [-0.39, 0.29) is 12.0 Å². The molecule has 0 aliphatic carbocycles. The molecule has 2 aromatic carbocycles. The van der Waals surface area contributed by atoms with Gasteiger partial charge in [-0.3, -0.25) is 9.59 Å². The number of carboxylic acids is 1. The third-order valence-electron chi connectivity index (χ3n) is 3.77. The Balaban J connectivity index is 2.64. The highest BCUT2D eigenvalue weighted by molar-refractivity contribution is 6.00. The Bertz CT molecular complexity index is 974. The molecule has 0 radical (unpaired) electrons. The van der Waals surface area contributed by atoms with Gasteiger partial charge >= 0.3 is 5.97 Å². The van der Waals surface area contributed by atoms with Crippen molar-refractivity contribution in [2.75, 3.05) is 14.2 Å². The van der Waals surface area contributed by atoms with E-state index in [0.29, 0.717) is 33.3 Å². The van der Waals surface area contributed by atoms with Gasteiger partial charge in [0.2, 0.25) is 5.43 Å². The van der Waals surface area contributed by atoms with Crippen LogP contribution in [0.15, 0.2) is 41.2 Å². The summed E-state index contributed by atoms with van der Waals surface area (Å²) in [6, 6.07) is 10.2. The van der Waals surface area contributed by atoms with Crippen LogP contribution in [0.4, 0.5) is 0 Å². The minimum atomic E-state index is -1.01. The summed E-state index contributed by atoms with van der Waals surface area (Å²) >= 11 is 0. The van der Waals surface area contributed by atoms with Crippen LogP contribution in [0.3, 0.4) is 0 Å². The number of ether oxygens (including phenoxy) is 2. The Hall–Kier alpha value is -3.02. The summed E-state index contributed by atoms with van der Waals surface area (Å²) in [5.41, 5.74) is 0.741. The van der Waals surface area contributed by atoms with Gasteiger partial charge in [-0.1, -0.05) is 12.1 Å². The molecule has 0 fully saturated rings. The zero-order valence-corrected chi connectivity index (χ0v) is 12.7. The Morgan fingerprint density at radius 3 is 2.39 bits per heavy atom. The average Bonchev–Trinajstić information content (AvgIpc) is 2.57. The van der Waals surface area contributed by atoms with Crippen molar-refractivity contribution in [3.8, 4) is 11.5 Å². The third-order valence-corrected chi connectivity index (χ3v) is 3.77. The van der Waals surface area contributed by atoms with Crippen LogP contribution in [0, 0.1) is 0 Å². The molecule has 1 aromatic heterocycles. The van der Waals surface area contributed by atoms with Gasteiger partial charge in [0.05, 0.1) is 30.6 Å². The lowest BCUT2D eigenvalue weighted by Gasteiger charge is -2.17. The molecule has 23 heavy (non-hydrogen) atoms. The SMILES string of the molecule is COc1ccc(OC)c2c1c(=O)c1ccccc1n2CC(=O)O. The van der Waals surface area contributed by atoms with Crippen molar-refractivity contribution in [2.45, 2.75) is 6.54 Å². The predicted octanol–water partition coefficient (Wildman–Crippen LogP) is 2.26. The van der Waals surface area contributed by atoms with E-state index in [9.17, 15) is 14.7 Å². The number of aliphatic carboxylic acids is 1. The first kappa shape index (κ1) is 14.9. The number of aromatic nitrogens is 1. The molecule has 3 aromatic rings. The summed E-state index contributed by atoms with van der Waals surface area (Å²) in [6.07, 6.45) is 0. The number of methoxy groups -OCH3 is 2. The zero-order chi connectivity index (χ0) is 16.6. The van der Waals surface area contributed by atoms with Gasteiger partial charge in [-0.25, -0.2) is 0 Å². The topological polar surface area (TPSA) is 77.8 Å². The lowest BCUT2D eigenvalue weighted by molar-refractivity contribution is -0.137. The molecule has 0 aliphatic heterocycles. The molecule has 0 amide bonds. The highest BCUT2D eigenvalue weighted by Gasteiger charge is 2.19. The van der Waals surface area contributed by atoms with E-state index >= 15 is 0 Å². The van der Waals surface area contributed by atoms with Crippen LogP contribution in [0.25, 0.3) is 21.8 Å². The van der Waals surface area contributed by atoms with Crippen LogP contribution in [-0.2, 0) is 11.3 Å². The molecular formula is C17H15NO5. The number of hydrogen-bond acceptors (Lipinski definition) is 4. The Morgan fingerprint density at radius 2 is 1.74 bits per heavy atom. The van der Waals surface area contributed by atoms with Crippen LogP contribution in [0.1, 0.15) is 0 Å². The average molecular weight is 313 g/mol. The van der Waals surface area contributed by atoms with Crippen LogP contribution in [0.2, 0.25) is 0 Å². The predicted molar refractivity (Wildman–Crippen MR) is 86.5 cm³/mol. The highest BCUT2D eigenvalue weighted by atomic mass is 16.5. The molecule has 6 heteroatoms. The molecule has 0 spiro atoms. The lowest BCUT2D eigenvalue weighted by Crippen LogP contribution is -2.17. The third kappa shape index (κ3) is 2.28. The van der Waals surface area contributed by atoms with Crippen LogP contribution >= 0.6 is 0 Å². The van der Waals surface area contributed by atoms with Crippen molar-refractivity contribution in [3.63, 3.8) is 0 Å². The van der Waals surface area contributed by atoms with E-state index in [4.69, 9.17) is 9.47 Å². The van der Waals surface area contributed by atoms with Crippen molar-refractivity contribution in [1.82, 2.24) is 4.57 Å². The molecule has 0 atom stereocenters. The molecule has 0 bridgehead atoms. The molecule has 3 rings (SSSR count). The molecule has 0 saturated carbocycles. The molecule has 0 aliphatic rings. The fraction of sp³-hybridized carbons (Fsp3) is 0.176. The second-order valence-corrected chi connectivity index (χ2v) is 5.02. The van der Waals surface area contributed by atoms with Gasteiger partial charge in [0.1, 0.15) is 18.0 Å². The van der Waals surface area contributed by atoms with Gasteiger partial charge < -0.3 is 19.1 Å². The standard InChI is InChI=1S/C17H15NO5/c1-22-12-7-8-13(23-2)16-15(12)17(21)10-5-3-4-6-11(10)18(16)9-14(19)20/h3-8H,9H2,1-2H3,(H,19,20). The van der Waals surface area contributed by atoms with Crippen molar-refractivity contribution < 1.29 is 19.4 Å². The quantitative estimate of drug-likeness (QED) is 0.748. The molecule has 1 N–H and O–H groups in total. The molecule has 0 saturated heterocycles. The Kier molecular flexibility index (Phi) is 3.65. The first-order valence-electron chi connectivity index (χ1n) is 6.96. The van der Waals surface area contributed by atoms with Crippen molar-refractivity contribution in [2.24, 2.45) is 0 Å². The van der Waals surface area contributed by atoms with Gasteiger partial charge in [0, 0.05) is 5.39 Å². The van der Waals surface area contributed by atoms with E-state index in [0.717, 1.165) is 0 Å². The molecule has 1 heterocycles. The molecular weight excluding hydrogens is 298 g/mol. The number of nitrogens with zero attached hydrogens (tertiary/aromatic N) is 1. The van der Waals surface area contributed by atoms with E-state index in [2.05, 4.69) is 0 Å². The van der Waals surface area contributed by atoms with E-state index < -0.39 is 5.97 Å². The normalized spacial score (nSPS) is 10.9. The summed E-state index contributed by atoms with van der Waals surface area (Å²) in [5.74, 6) is -0.203. The fourth-order valence-electron chi connectivity index (χ4n) is 2.83. The van der Waals surface area contributed by atoms with Gasteiger partial charge in [-0.2, -0.15) is 0 Å².